The predicted molar refractivity (Wildman–Crippen MR) is 35.7 cm³/mol. The highest BCUT2D eigenvalue weighted by molar-refractivity contribution is 9.10. The minimum absolute atomic E-state index is 0.338. The van der Waals surface area contributed by atoms with E-state index in [1.165, 1.54) is 0 Å². The van der Waals surface area contributed by atoms with Crippen LogP contribution in [0.3, 0.4) is 0 Å². The molecule has 0 aromatic carbocycles. The molecule has 1 heterocycles. The Hall–Kier alpha value is -0.130. The topological polar surface area (TPSA) is 66.8 Å². The molecule has 0 amide bonds. The minimum Gasteiger partial charge on any atom is -0.456 e. The summed E-state index contributed by atoms with van der Waals surface area (Å²) in [6.07, 6.45) is -1.70. The van der Waals surface area contributed by atoms with Crippen LogP contribution < -0.4 is 0 Å². The van der Waals surface area contributed by atoms with E-state index in [-0.39, 0.29) is 6.61 Å². The summed E-state index contributed by atoms with van der Waals surface area (Å²) in [5, 5.41) is 17.6. The van der Waals surface area contributed by atoms with E-state index < -0.39 is 23.0 Å². The number of carbonyl (C=O) groups is 1. The highest BCUT2D eigenvalue weighted by atomic mass is 79.9. The zero-order valence-electron chi connectivity index (χ0n) is 5.03. The molecule has 0 aliphatic carbocycles. The fraction of sp³-hybridized carbons (Fsp3) is 0.800. The maximum Gasteiger partial charge on any atom is 0.323 e. The second kappa shape index (κ2) is 2.86. The van der Waals surface area contributed by atoms with Crippen LogP contribution in [-0.4, -0.2) is 39.8 Å². The van der Waals surface area contributed by atoms with Gasteiger partial charge in [0.2, 0.25) is 0 Å². The second-order valence-electron chi connectivity index (χ2n) is 2.05. The Morgan fingerprint density at radius 1 is 1.70 bits per heavy atom. The normalized spacial score (nSPS) is 39.9. The van der Waals surface area contributed by atoms with Gasteiger partial charge in [-0.15, -0.1) is 0 Å². The third-order valence-electron chi connectivity index (χ3n) is 1.35. The molecule has 0 aromatic rings. The van der Waals surface area contributed by atoms with Crippen LogP contribution in [0.5, 0.6) is 0 Å². The summed E-state index contributed by atoms with van der Waals surface area (Å²) < 4.78 is 4.55. The van der Waals surface area contributed by atoms with Crippen LogP contribution in [0.1, 0.15) is 0 Å². The number of halogens is 1. The Morgan fingerprint density at radius 3 is 2.50 bits per heavy atom. The molecule has 0 bridgehead atoms. The molecule has 10 heavy (non-hydrogen) atoms. The SMILES string of the molecule is O=C1OC(CO)C(O)C1Br. The van der Waals surface area contributed by atoms with E-state index in [1.54, 1.807) is 0 Å². The second-order valence-corrected chi connectivity index (χ2v) is 3.04. The highest BCUT2D eigenvalue weighted by Crippen LogP contribution is 2.21. The zero-order valence-corrected chi connectivity index (χ0v) is 6.61. The monoisotopic (exact) mass is 210 g/mol. The smallest absolute Gasteiger partial charge is 0.323 e. The molecule has 0 spiro atoms. The number of hydrogen-bond donors (Lipinski definition) is 2. The first-order valence-electron chi connectivity index (χ1n) is 2.80. The van der Waals surface area contributed by atoms with Gasteiger partial charge in [0.05, 0.1) is 6.61 Å². The van der Waals surface area contributed by atoms with Crippen molar-refractivity contribution in [2.24, 2.45) is 0 Å². The summed E-state index contributed by atoms with van der Waals surface area (Å²) >= 11 is 2.91. The van der Waals surface area contributed by atoms with Gasteiger partial charge in [0, 0.05) is 0 Å². The van der Waals surface area contributed by atoms with E-state index in [9.17, 15) is 4.79 Å². The molecule has 0 aromatic heterocycles. The summed E-state index contributed by atoms with van der Waals surface area (Å²) in [6.45, 7) is -0.338. The van der Waals surface area contributed by atoms with Gasteiger partial charge in [0.15, 0.2) is 6.10 Å². The Labute approximate surface area is 65.9 Å². The molecule has 58 valence electrons. The van der Waals surface area contributed by atoms with Crippen molar-refractivity contribution in [2.75, 3.05) is 6.61 Å². The molecule has 1 rings (SSSR count). The molecule has 3 atom stereocenters. The van der Waals surface area contributed by atoms with E-state index in [4.69, 9.17) is 10.2 Å². The Morgan fingerprint density at radius 2 is 2.30 bits per heavy atom. The number of carbonyl (C=O) groups excluding carboxylic acids is 1. The summed E-state index contributed by atoms with van der Waals surface area (Å²) in [5.41, 5.74) is 0. The average Bonchev–Trinajstić information content (AvgIpc) is 2.17. The number of aliphatic hydroxyl groups excluding tert-OH is 2. The first-order valence-corrected chi connectivity index (χ1v) is 3.72. The average molecular weight is 211 g/mol. The molecule has 5 heteroatoms. The molecule has 1 fully saturated rings. The van der Waals surface area contributed by atoms with E-state index in [0.29, 0.717) is 0 Å². The lowest BCUT2D eigenvalue weighted by Gasteiger charge is -2.08. The van der Waals surface area contributed by atoms with Crippen molar-refractivity contribution in [1.82, 2.24) is 0 Å². The third-order valence-corrected chi connectivity index (χ3v) is 2.27. The van der Waals surface area contributed by atoms with Gasteiger partial charge in [-0.25, -0.2) is 0 Å². The van der Waals surface area contributed by atoms with Crippen molar-refractivity contribution in [1.29, 1.82) is 0 Å². The highest BCUT2D eigenvalue weighted by Gasteiger charge is 2.41. The van der Waals surface area contributed by atoms with Crippen LogP contribution in [0.25, 0.3) is 0 Å². The van der Waals surface area contributed by atoms with Gasteiger partial charge in [0.1, 0.15) is 10.9 Å². The molecule has 1 saturated heterocycles. The number of ether oxygens (including phenoxy) is 1. The Kier molecular flexibility index (Phi) is 2.28. The third kappa shape index (κ3) is 1.16. The zero-order chi connectivity index (χ0) is 7.72. The number of alkyl halides is 1. The van der Waals surface area contributed by atoms with Crippen LogP contribution >= 0.6 is 15.9 Å². The summed E-state index contributed by atoms with van der Waals surface area (Å²) in [4.78, 5) is 9.92. The lowest BCUT2D eigenvalue weighted by Crippen LogP contribution is -2.29. The van der Waals surface area contributed by atoms with Crippen LogP contribution in [0.2, 0.25) is 0 Å². The largest absolute Gasteiger partial charge is 0.456 e. The Bertz CT molecular complexity index is 149. The fourth-order valence-corrected chi connectivity index (χ4v) is 1.21. The summed E-state index contributed by atoms with van der Waals surface area (Å²) in [6, 6.07) is 0. The van der Waals surface area contributed by atoms with E-state index >= 15 is 0 Å². The lowest BCUT2D eigenvalue weighted by atomic mass is 10.2. The first kappa shape index (κ1) is 7.97. The lowest BCUT2D eigenvalue weighted by molar-refractivity contribution is -0.142. The predicted octanol–water partition coefficient (Wildman–Crippen LogP) is -0.972. The molecular formula is C5H7BrO4. The molecular weight excluding hydrogens is 204 g/mol. The van der Waals surface area contributed by atoms with Crippen molar-refractivity contribution in [2.45, 2.75) is 17.0 Å². The molecule has 1 aliphatic heterocycles. The summed E-state index contributed by atoms with van der Waals surface area (Å²) in [7, 11) is 0. The van der Waals surface area contributed by atoms with Crippen molar-refractivity contribution in [3.05, 3.63) is 0 Å². The summed E-state index contributed by atoms with van der Waals surface area (Å²) in [5.74, 6) is -0.522. The first-order chi connectivity index (χ1) is 4.66. The number of hydrogen-bond acceptors (Lipinski definition) is 4. The van der Waals surface area contributed by atoms with Gasteiger partial charge in [-0.05, 0) is 0 Å². The maximum absolute atomic E-state index is 10.6. The van der Waals surface area contributed by atoms with Gasteiger partial charge in [0.25, 0.3) is 0 Å². The van der Waals surface area contributed by atoms with Crippen molar-refractivity contribution < 1.29 is 19.7 Å². The van der Waals surface area contributed by atoms with E-state index in [0.717, 1.165) is 0 Å². The Balaban J connectivity index is 2.61. The van der Waals surface area contributed by atoms with Gasteiger partial charge in [-0.2, -0.15) is 0 Å². The number of cyclic esters (lactones) is 1. The molecule has 3 unspecified atom stereocenters. The fourth-order valence-electron chi connectivity index (χ4n) is 0.757. The van der Waals surface area contributed by atoms with Gasteiger partial charge < -0.3 is 14.9 Å². The minimum atomic E-state index is -0.933. The van der Waals surface area contributed by atoms with Gasteiger partial charge in [-0.1, -0.05) is 15.9 Å². The van der Waals surface area contributed by atoms with E-state index in [2.05, 4.69) is 20.7 Å². The quantitative estimate of drug-likeness (QED) is 0.432. The molecule has 1 aliphatic rings. The number of esters is 1. The molecule has 0 saturated carbocycles. The number of aliphatic hydroxyl groups is 2. The van der Waals surface area contributed by atoms with Gasteiger partial charge >= 0.3 is 5.97 Å². The molecule has 2 N–H and O–H groups in total. The number of rotatable bonds is 1. The van der Waals surface area contributed by atoms with Crippen LogP contribution in [0, 0.1) is 0 Å². The van der Waals surface area contributed by atoms with Crippen molar-refractivity contribution >= 4 is 21.9 Å². The molecule has 4 nitrogen and oxygen atoms in total. The van der Waals surface area contributed by atoms with Crippen LogP contribution in [0.15, 0.2) is 0 Å². The molecule has 0 radical (unpaired) electrons. The van der Waals surface area contributed by atoms with Crippen LogP contribution in [-0.2, 0) is 9.53 Å². The van der Waals surface area contributed by atoms with E-state index in [1.807, 2.05) is 0 Å². The maximum atomic E-state index is 10.6. The van der Waals surface area contributed by atoms with Crippen molar-refractivity contribution in [3.63, 3.8) is 0 Å². The van der Waals surface area contributed by atoms with Gasteiger partial charge in [-0.3, -0.25) is 4.79 Å². The van der Waals surface area contributed by atoms with Crippen LogP contribution in [0.4, 0.5) is 0 Å². The standard InChI is InChI=1S/C5H7BrO4/c6-3-4(8)2(1-7)10-5(3)9/h2-4,7-8H,1H2. The van der Waals surface area contributed by atoms with Crippen molar-refractivity contribution in [3.8, 4) is 0 Å².